The fraction of sp³-hybridized carbons (Fsp3) is 0.538. The van der Waals surface area contributed by atoms with Crippen molar-refractivity contribution in [3.05, 3.63) is 28.7 Å². The normalized spacial score (nSPS) is 23.9. The molecule has 0 aromatic heterocycles. The summed E-state index contributed by atoms with van der Waals surface area (Å²) in [5.41, 5.74) is -0.0913. The van der Waals surface area contributed by atoms with Crippen LogP contribution in [0.2, 0.25) is 0 Å². The summed E-state index contributed by atoms with van der Waals surface area (Å²) in [5, 5.41) is 9.41. The van der Waals surface area contributed by atoms with E-state index in [1.807, 2.05) is 24.3 Å². The Morgan fingerprint density at radius 1 is 1.47 bits per heavy atom. The van der Waals surface area contributed by atoms with Gasteiger partial charge in [0.25, 0.3) is 0 Å². The molecular formula is C13H17BrO3. The van der Waals surface area contributed by atoms with E-state index < -0.39 is 0 Å². The number of rotatable bonds is 5. The lowest BCUT2D eigenvalue weighted by Gasteiger charge is -2.24. The van der Waals surface area contributed by atoms with Gasteiger partial charge in [-0.1, -0.05) is 22.0 Å². The number of benzene rings is 1. The maximum Gasteiger partial charge on any atom is 0.120 e. The Labute approximate surface area is 110 Å². The molecule has 1 atom stereocenters. The van der Waals surface area contributed by atoms with Gasteiger partial charge in [-0.25, -0.2) is 0 Å². The van der Waals surface area contributed by atoms with Crippen molar-refractivity contribution in [3.8, 4) is 5.75 Å². The molecular weight excluding hydrogens is 284 g/mol. The van der Waals surface area contributed by atoms with Crippen molar-refractivity contribution >= 4 is 15.9 Å². The second-order valence-electron chi connectivity index (χ2n) is 4.52. The Morgan fingerprint density at radius 2 is 2.35 bits per heavy atom. The second kappa shape index (κ2) is 5.85. The molecule has 0 aliphatic carbocycles. The van der Waals surface area contributed by atoms with Crippen LogP contribution in [-0.2, 0) is 4.74 Å². The van der Waals surface area contributed by atoms with E-state index in [0.29, 0.717) is 13.2 Å². The van der Waals surface area contributed by atoms with Crippen LogP contribution in [0.3, 0.4) is 0 Å². The quantitative estimate of drug-likeness (QED) is 0.908. The SMILES string of the molecule is OCC1(CCOc2cccc(Br)c2)CCOC1. The topological polar surface area (TPSA) is 38.7 Å². The van der Waals surface area contributed by atoms with Crippen molar-refractivity contribution in [3.63, 3.8) is 0 Å². The van der Waals surface area contributed by atoms with Crippen molar-refractivity contribution in [1.82, 2.24) is 0 Å². The van der Waals surface area contributed by atoms with Gasteiger partial charge in [0, 0.05) is 16.5 Å². The Balaban J connectivity index is 1.82. The van der Waals surface area contributed by atoms with Crippen molar-refractivity contribution in [2.24, 2.45) is 5.41 Å². The van der Waals surface area contributed by atoms with Crippen LogP contribution in [0.15, 0.2) is 28.7 Å². The van der Waals surface area contributed by atoms with Crippen molar-refractivity contribution in [2.45, 2.75) is 12.8 Å². The molecule has 1 aromatic carbocycles. The van der Waals surface area contributed by atoms with Gasteiger partial charge in [-0.05, 0) is 31.0 Å². The molecule has 1 heterocycles. The standard InChI is InChI=1S/C13H17BrO3/c14-11-2-1-3-12(8-11)17-7-5-13(9-15)4-6-16-10-13/h1-3,8,15H,4-7,9-10H2. The lowest BCUT2D eigenvalue weighted by molar-refractivity contribution is 0.0734. The van der Waals surface area contributed by atoms with Crippen molar-refractivity contribution in [2.75, 3.05) is 26.4 Å². The van der Waals surface area contributed by atoms with Gasteiger partial charge in [-0.15, -0.1) is 0 Å². The lowest BCUT2D eigenvalue weighted by atomic mass is 9.85. The molecule has 0 radical (unpaired) electrons. The molecule has 0 saturated carbocycles. The van der Waals surface area contributed by atoms with Gasteiger partial charge in [0.05, 0.1) is 19.8 Å². The summed E-state index contributed by atoms with van der Waals surface area (Å²) in [6.45, 7) is 2.18. The minimum Gasteiger partial charge on any atom is -0.494 e. The molecule has 0 amide bonds. The van der Waals surface area contributed by atoms with E-state index >= 15 is 0 Å². The summed E-state index contributed by atoms with van der Waals surface area (Å²) in [6.07, 6.45) is 1.75. The van der Waals surface area contributed by atoms with Crippen LogP contribution in [0.25, 0.3) is 0 Å². The largest absolute Gasteiger partial charge is 0.494 e. The molecule has 1 unspecified atom stereocenters. The van der Waals surface area contributed by atoms with Gasteiger partial charge >= 0.3 is 0 Å². The molecule has 1 aliphatic heterocycles. The summed E-state index contributed by atoms with van der Waals surface area (Å²) in [6, 6.07) is 7.78. The monoisotopic (exact) mass is 300 g/mol. The fourth-order valence-electron chi connectivity index (χ4n) is 1.99. The first-order valence-corrected chi connectivity index (χ1v) is 6.60. The highest BCUT2D eigenvalue weighted by Crippen LogP contribution is 2.32. The Hall–Kier alpha value is -0.580. The fourth-order valence-corrected chi connectivity index (χ4v) is 2.37. The van der Waals surface area contributed by atoms with Crippen LogP contribution >= 0.6 is 15.9 Å². The number of aliphatic hydroxyl groups excluding tert-OH is 1. The predicted octanol–water partition coefficient (Wildman–Crippen LogP) is 2.62. The van der Waals surface area contributed by atoms with Gasteiger partial charge in [0.1, 0.15) is 5.75 Å². The van der Waals surface area contributed by atoms with Crippen LogP contribution < -0.4 is 4.74 Å². The Morgan fingerprint density at radius 3 is 3.00 bits per heavy atom. The van der Waals surface area contributed by atoms with Gasteiger partial charge < -0.3 is 14.6 Å². The number of ether oxygens (including phenoxy) is 2. The Bertz CT molecular complexity index is 361. The van der Waals surface area contributed by atoms with Gasteiger partial charge in [0.15, 0.2) is 0 Å². The van der Waals surface area contributed by atoms with E-state index in [1.165, 1.54) is 0 Å². The van der Waals surface area contributed by atoms with E-state index in [0.717, 1.165) is 29.7 Å². The number of halogens is 1. The van der Waals surface area contributed by atoms with Crippen LogP contribution in [0.4, 0.5) is 0 Å². The highest BCUT2D eigenvalue weighted by atomic mass is 79.9. The zero-order valence-corrected chi connectivity index (χ0v) is 11.3. The van der Waals surface area contributed by atoms with E-state index in [9.17, 15) is 5.11 Å². The molecule has 1 aliphatic rings. The van der Waals surface area contributed by atoms with E-state index in [-0.39, 0.29) is 12.0 Å². The molecule has 1 saturated heterocycles. The van der Waals surface area contributed by atoms with E-state index in [2.05, 4.69) is 15.9 Å². The molecule has 1 fully saturated rings. The summed E-state index contributed by atoms with van der Waals surface area (Å²) in [4.78, 5) is 0. The van der Waals surface area contributed by atoms with Gasteiger partial charge in [0.2, 0.25) is 0 Å². The third-order valence-corrected chi connectivity index (χ3v) is 3.71. The van der Waals surface area contributed by atoms with Gasteiger partial charge in [-0.3, -0.25) is 0 Å². The van der Waals surface area contributed by atoms with Crippen LogP contribution in [0.5, 0.6) is 5.75 Å². The number of aliphatic hydroxyl groups is 1. The molecule has 0 spiro atoms. The second-order valence-corrected chi connectivity index (χ2v) is 5.43. The van der Waals surface area contributed by atoms with Crippen molar-refractivity contribution in [1.29, 1.82) is 0 Å². The third-order valence-electron chi connectivity index (χ3n) is 3.22. The maximum absolute atomic E-state index is 9.41. The van der Waals surface area contributed by atoms with Crippen LogP contribution in [0, 0.1) is 5.41 Å². The minimum atomic E-state index is -0.0913. The average molecular weight is 301 g/mol. The van der Waals surface area contributed by atoms with Crippen LogP contribution in [-0.4, -0.2) is 31.5 Å². The summed E-state index contributed by atoms with van der Waals surface area (Å²) in [5.74, 6) is 0.853. The third kappa shape index (κ3) is 3.44. The highest BCUT2D eigenvalue weighted by Gasteiger charge is 2.34. The minimum absolute atomic E-state index is 0.0913. The van der Waals surface area contributed by atoms with E-state index in [1.54, 1.807) is 0 Å². The molecule has 0 bridgehead atoms. The first-order valence-electron chi connectivity index (χ1n) is 5.81. The lowest BCUT2D eigenvalue weighted by Crippen LogP contribution is -2.28. The molecule has 1 N–H and O–H groups in total. The smallest absolute Gasteiger partial charge is 0.120 e. The number of hydrogen-bond donors (Lipinski definition) is 1. The summed E-state index contributed by atoms with van der Waals surface area (Å²) in [7, 11) is 0. The highest BCUT2D eigenvalue weighted by molar-refractivity contribution is 9.10. The first-order chi connectivity index (χ1) is 8.24. The van der Waals surface area contributed by atoms with E-state index in [4.69, 9.17) is 9.47 Å². The molecule has 4 heteroatoms. The molecule has 17 heavy (non-hydrogen) atoms. The zero-order valence-electron chi connectivity index (χ0n) is 9.69. The average Bonchev–Trinajstić information content (AvgIpc) is 2.79. The zero-order chi connectivity index (χ0) is 12.1. The predicted molar refractivity (Wildman–Crippen MR) is 69.2 cm³/mol. The molecule has 2 rings (SSSR count). The summed E-state index contributed by atoms with van der Waals surface area (Å²) >= 11 is 3.40. The first kappa shape index (κ1) is 12.9. The summed E-state index contributed by atoms with van der Waals surface area (Å²) < 4.78 is 12.0. The molecule has 94 valence electrons. The maximum atomic E-state index is 9.41. The number of hydrogen-bond acceptors (Lipinski definition) is 3. The van der Waals surface area contributed by atoms with Gasteiger partial charge in [-0.2, -0.15) is 0 Å². The van der Waals surface area contributed by atoms with Crippen molar-refractivity contribution < 1.29 is 14.6 Å². The van der Waals surface area contributed by atoms with Crippen LogP contribution in [0.1, 0.15) is 12.8 Å². The molecule has 3 nitrogen and oxygen atoms in total. The molecule has 1 aromatic rings. The Kier molecular flexibility index (Phi) is 4.42.